The Morgan fingerprint density at radius 3 is 2.57 bits per heavy atom. The number of fused-ring (bicyclic) bond motifs is 1. The summed E-state index contributed by atoms with van der Waals surface area (Å²) in [5.74, 6) is -2.09. The van der Waals surface area contributed by atoms with E-state index >= 15 is 0 Å². The van der Waals surface area contributed by atoms with E-state index in [0.29, 0.717) is 36.4 Å². The zero-order valence-electron chi connectivity index (χ0n) is 19.9. The summed E-state index contributed by atoms with van der Waals surface area (Å²) in [7, 11) is 0. The second-order valence-electron chi connectivity index (χ2n) is 8.48. The molecule has 4 N–H and O–H groups in total. The number of carbonyl (C=O) groups excluding carboxylic acids is 3. The number of hydrogen-bond donors (Lipinski definition) is 4. The number of hydrogen-bond acceptors (Lipinski definition) is 6. The lowest BCUT2D eigenvalue weighted by molar-refractivity contribution is -0.137. The van der Waals surface area contributed by atoms with Gasteiger partial charge in [-0.05, 0) is 53.4 Å². The molecule has 1 aliphatic rings. The van der Waals surface area contributed by atoms with Crippen LogP contribution in [0, 0.1) is 0 Å². The van der Waals surface area contributed by atoms with E-state index in [1.54, 1.807) is 55.0 Å². The third-order valence-corrected chi connectivity index (χ3v) is 5.85. The zero-order valence-corrected chi connectivity index (χ0v) is 19.9. The molecule has 0 spiro atoms. The van der Waals surface area contributed by atoms with E-state index in [9.17, 15) is 24.3 Å². The molecule has 0 saturated carbocycles. The van der Waals surface area contributed by atoms with Crippen LogP contribution in [0.25, 0.3) is 0 Å². The van der Waals surface area contributed by atoms with Crippen LogP contribution in [0.2, 0.25) is 0 Å². The summed E-state index contributed by atoms with van der Waals surface area (Å²) in [5, 5.41) is 17.4. The molecule has 0 fully saturated rings. The number of carboxylic acid groups (broad SMARTS) is 1. The Bertz CT molecular complexity index is 1290. The van der Waals surface area contributed by atoms with Crippen molar-refractivity contribution in [1.29, 1.82) is 0 Å². The van der Waals surface area contributed by atoms with Crippen LogP contribution in [0.3, 0.4) is 0 Å². The van der Waals surface area contributed by atoms with Gasteiger partial charge in [0, 0.05) is 49.3 Å². The lowest BCUT2D eigenvalue weighted by Crippen LogP contribution is -2.37. The summed E-state index contributed by atoms with van der Waals surface area (Å²) in [6.07, 6.45) is 6.16. The molecule has 37 heavy (non-hydrogen) atoms. The SMILES string of the molecule is O=C(O)CC(NC(=O)CC(=O)N1CCc2ccc(NC(=O)NCc3ccncc3)cc21)c1cccnc1. The summed E-state index contributed by atoms with van der Waals surface area (Å²) in [4.78, 5) is 58.6. The Labute approximate surface area is 212 Å². The first-order valence-corrected chi connectivity index (χ1v) is 11.7. The first kappa shape index (κ1) is 25.3. The molecule has 4 rings (SSSR count). The molecule has 190 valence electrons. The standard InChI is InChI=1S/C26H26N6O5/c33-23(31-21(13-25(35)36)19-2-1-8-28-16-19)14-24(34)32-11-7-18-3-4-20(12-22(18)32)30-26(37)29-15-17-5-9-27-10-6-17/h1-6,8-10,12,16,21H,7,11,13-15H2,(H,31,33)(H,35,36)(H2,29,30,37). The Kier molecular flexibility index (Phi) is 8.04. The summed E-state index contributed by atoms with van der Waals surface area (Å²) in [6.45, 7) is 0.737. The number of carbonyl (C=O) groups is 4. The minimum atomic E-state index is -1.08. The van der Waals surface area contributed by atoms with Crippen LogP contribution in [-0.2, 0) is 27.3 Å². The number of carboxylic acids is 1. The van der Waals surface area contributed by atoms with Crippen molar-refractivity contribution < 1.29 is 24.3 Å². The van der Waals surface area contributed by atoms with Gasteiger partial charge in [0.15, 0.2) is 0 Å². The van der Waals surface area contributed by atoms with E-state index < -0.39 is 36.3 Å². The zero-order chi connectivity index (χ0) is 26.2. The number of nitrogens with one attached hydrogen (secondary N) is 3. The molecule has 1 aliphatic heterocycles. The molecular weight excluding hydrogens is 476 g/mol. The molecule has 1 unspecified atom stereocenters. The normalized spacial score (nSPS) is 12.8. The van der Waals surface area contributed by atoms with Crippen LogP contribution in [0.5, 0.6) is 0 Å². The molecule has 0 bridgehead atoms. The second kappa shape index (κ2) is 11.8. The van der Waals surface area contributed by atoms with Crippen molar-refractivity contribution in [3.63, 3.8) is 0 Å². The Morgan fingerprint density at radius 2 is 1.84 bits per heavy atom. The highest BCUT2D eigenvalue weighted by molar-refractivity contribution is 6.06. The van der Waals surface area contributed by atoms with E-state index in [4.69, 9.17) is 0 Å². The molecule has 1 aromatic carbocycles. The van der Waals surface area contributed by atoms with Gasteiger partial charge in [-0.1, -0.05) is 12.1 Å². The number of pyridine rings is 2. The van der Waals surface area contributed by atoms with Gasteiger partial charge in [0.2, 0.25) is 11.8 Å². The largest absolute Gasteiger partial charge is 0.481 e. The summed E-state index contributed by atoms with van der Waals surface area (Å²) in [6, 6.07) is 11.0. The van der Waals surface area contributed by atoms with Gasteiger partial charge in [-0.2, -0.15) is 0 Å². The first-order valence-electron chi connectivity index (χ1n) is 11.7. The van der Waals surface area contributed by atoms with Gasteiger partial charge in [0.1, 0.15) is 6.42 Å². The predicted molar refractivity (Wildman–Crippen MR) is 135 cm³/mol. The number of aromatic nitrogens is 2. The van der Waals surface area contributed by atoms with Crippen LogP contribution >= 0.6 is 0 Å². The monoisotopic (exact) mass is 502 g/mol. The van der Waals surface area contributed by atoms with Gasteiger partial charge in [-0.25, -0.2) is 4.79 Å². The second-order valence-corrected chi connectivity index (χ2v) is 8.48. The van der Waals surface area contributed by atoms with Crippen LogP contribution in [0.4, 0.5) is 16.2 Å². The van der Waals surface area contributed by atoms with Crippen molar-refractivity contribution in [3.8, 4) is 0 Å². The maximum absolute atomic E-state index is 13.0. The molecule has 4 amide bonds. The van der Waals surface area contributed by atoms with E-state index in [1.807, 2.05) is 6.07 Å². The Morgan fingerprint density at radius 1 is 1.03 bits per heavy atom. The molecule has 1 atom stereocenters. The number of amides is 4. The number of benzene rings is 1. The number of nitrogens with zero attached hydrogens (tertiary/aromatic N) is 3. The van der Waals surface area contributed by atoms with E-state index in [0.717, 1.165) is 11.1 Å². The van der Waals surface area contributed by atoms with E-state index in [2.05, 4.69) is 25.9 Å². The van der Waals surface area contributed by atoms with Crippen LogP contribution in [-0.4, -0.2) is 45.4 Å². The fourth-order valence-electron chi connectivity index (χ4n) is 4.06. The molecule has 3 aromatic rings. The number of urea groups is 1. The van der Waals surface area contributed by atoms with Gasteiger partial charge >= 0.3 is 12.0 Å². The highest BCUT2D eigenvalue weighted by Gasteiger charge is 2.28. The first-order chi connectivity index (χ1) is 17.9. The molecule has 0 aliphatic carbocycles. The van der Waals surface area contributed by atoms with Gasteiger partial charge < -0.3 is 26.0 Å². The third kappa shape index (κ3) is 6.88. The van der Waals surface area contributed by atoms with Gasteiger partial charge in [-0.3, -0.25) is 24.4 Å². The maximum atomic E-state index is 13.0. The topological polar surface area (TPSA) is 154 Å². The van der Waals surface area contributed by atoms with E-state index in [1.165, 1.54) is 11.1 Å². The highest BCUT2D eigenvalue weighted by atomic mass is 16.4. The third-order valence-electron chi connectivity index (χ3n) is 5.85. The van der Waals surface area contributed by atoms with Gasteiger partial charge in [0.25, 0.3) is 0 Å². The average Bonchev–Trinajstić information content (AvgIpc) is 3.31. The number of rotatable bonds is 9. The molecule has 0 saturated heterocycles. The molecule has 0 radical (unpaired) electrons. The van der Waals surface area contributed by atoms with Crippen molar-refractivity contribution in [3.05, 3.63) is 83.9 Å². The smallest absolute Gasteiger partial charge is 0.319 e. The minimum absolute atomic E-state index is 0.334. The minimum Gasteiger partial charge on any atom is -0.481 e. The van der Waals surface area contributed by atoms with Gasteiger partial charge in [0.05, 0.1) is 12.5 Å². The quantitative estimate of drug-likeness (QED) is 0.328. The van der Waals surface area contributed by atoms with Crippen molar-refractivity contribution in [2.24, 2.45) is 0 Å². The molecule has 11 heteroatoms. The van der Waals surface area contributed by atoms with Crippen LogP contribution < -0.4 is 20.9 Å². The van der Waals surface area contributed by atoms with Crippen LogP contribution in [0.15, 0.2) is 67.3 Å². The Hall–Kier alpha value is -4.80. The maximum Gasteiger partial charge on any atom is 0.319 e. The van der Waals surface area contributed by atoms with Gasteiger partial charge in [-0.15, -0.1) is 0 Å². The lowest BCUT2D eigenvalue weighted by atomic mass is 10.1. The van der Waals surface area contributed by atoms with Crippen molar-refractivity contribution >= 4 is 35.2 Å². The lowest BCUT2D eigenvalue weighted by Gasteiger charge is -2.20. The summed E-state index contributed by atoms with van der Waals surface area (Å²) in [5.41, 5.74) is 3.50. The fourth-order valence-corrected chi connectivity index (χ4v) is 4.06. The van der Waals surface area contributed by atoms with Crippen LogP contribution in [0.1, 0.15) is 35.6 Å². The molecule has 2 aromatic heterocycles. The highest BCUT2D eigenvalue weighted by Crippen LogP contribution is 2.31. The van der Waals surface area contributed by atoms with E-state index in [-0.39, 0.29) is 6.42 Å². The van der Waals surface area contributed by atoms with Crippen molar-refractivity contribution in [2.45, 2.75) is 31.8 Å². The molecular formula is C26H26N6O5. The fraction of sp³-hybridized carbons (Fsp3) is 0.231. The number of aliphatic carboxylic acids is 1. The average molecular weight is 503 g/mol. The number of anilines is 2. The van der Waals surface area contributed by atoms with Crippen molar-refractivity contribution in [2.75, 3.05) is 16.8 Å². The predicted octanol–water partition coefficient (Wildman–Crippen LogP) is 2.41. The summed E-state index contributed by atoms with van der Waals surface area (Å²) < 4.78 is 0. The Balaban J connectivity index is 1.36. The van der Waals surface area contributed by atoms with Crippen molar-refractivity contribution in [1.82, 2.24) is 20.6 Å². The molecule has 11 nitrogen and oxygen atoms in total. The molecule has 3 heterocycles. The summed E-state index contributed by atoms with van der Waals surface area (Å²) >= 11 is 0.